The Morgan fingerprint density at radius 1 is 1.29 bits per heavy atom. The number of nitrogens with zero attached hydrogens (tertiary/aromatic N) is 1. The van der Waals surface area contributed by atoms with E-state index in [0.717, 1.165) is 21.2 Å². The smallest absolute Gasteiger partial charge is 0.182 e. The number of hydrogen-bond acceptors (Lipinski definition) is 2. The van der Waals surface area contributed by atoms with E-state index < -0.39 is 5.82 Å². The van der Waals surface area contributed by atoms with E-state index in [1.807, 2.05) is 29.7 Å². The van der Waals surface area contributed by atoms with Crippen LogP contribution in [0.15, 0.2) is 34.8 Å². The lowest BCUT2D eigenvalue weighted by Crippen LogP contribution is -1.97. The largest absolute Gasteiger partial charge is 0.494 e. The Labute approximate surface area is 134 Å². The molecule has 0 unspecified atom stereocenters. The van der Waals surface area contributed by atoms with Gasteiger partial charge in [0, 0.05) is 16.6 Å². The number of rotatable bonds is 2. The third-order valence-electron chi connectivity index (χ3n) is 3.30. The highest BCUT2D eigenvalue weighted by molar-refractivity contribution is 9.10. The van der Waals surface area contributed by atoms with E-state index in [4.69, 9.17) is 17.0 Å². The Kier molecular flexibility index (Phi) is 3.59. The maximum absolute atomic E-state index is 13.8. The predicted octanol–water partition coefficient (Wildman–Crippen LogP) is 4.91. The molecule has 0 aliphatic heterocycles. The molecule has 0 saturated heterocycles. The van der Waals surface area contributed by atoms with Crippen molar-refractivity contribution in [2.45, 2.75) is 6.92 Å². The Balaban J connectivity index is 2.39. The summed E-state index contributed by atoms with van der Waals surface area (Å²) < 4.78 is 22.1. The molecule has 21 heavy (non-hydrogen) atoms. The minimum absolute atomic E-state index is 0.189. The SMILES string of the molecule is COc1cc2c(cc1F)[nH]c(=S)n2-c1cc(C)ccc1Br. The first kappa shape index (κ1) is 14.3. The number of hydrogen-bond donors (Lipinski definition) is 1. The molecule has 1 heterocycles. The van der Waals surface area contributed by atoms with Gasteiger partial charge >= 0.3 is 0 Å². The van der Waals surface area contributed by atoms with E-state index in [1.165, 1.54) is 13.2 Å². The van der Waals surface area contributed by atoms with Crippen LogP contribution < -0.4 is 4.74 Å². The van der Waals surface area contributed by atoms with E-state index >= 15 is 0 Å². The number of aryl methyl sites for hydroxylation is 1. The molecule has 0 bridgehead atoms. The first-order chi connectivity index (χ1) is 10.0. The van der Waals surface area contributed by atoms with Gasteiger partial charge in [0.2, 0.25) is 0 Å². The molecule has 0 radical (unpaired) electrons. The minimum atomic E-state index is -0.420. The van der Waals surface area contributed by atoms with Crippen LogP contribution >= 0.6 is 28.1 Å². The fourth-order valence-electron chi connectivity index (χ4n) is 2.30. The standard InChI is InChI=1S/C15H12BrFN2OS/c1-8-3-4-9(16)12(5-8)19-13-7-14(20-2)10(17)6-11(13)18-15(19)21/h3-7H,1-2H3,(H,18,21). The molecular formula is C15H12BrFN2OS. The fraction of sp³-hybridized carbons (Fsp3) is 0.133. The predicted molar refractivity (Wildman–Crippen MR) is 87.4 cm³/mol. The summed E-state index contributed by atoms with van der Waals surface area (Å²) >= 11 is 8.92. The maximum atomic E-state index is 13.8. The Hall–Kier alpha value is -1.66. The van der Waals surface area contributed by atoms with E-state index in [0.29, 0.717) is 10.3 Å². The summed E-state index contributed by atoms with van der Waals surface area (Å²) in [5.41, 5.74) is 3.41. The Morgan fingerprint density at radius 3 is 2.76 bits per heavy atom. The summed E-state index contributed by atoms with van der Waals surface area (Å²) in [6.45, 7) is 2.01. The lowest BCUT2D eigenvalue weighted by molar-refractivity contribution is 0.387. The van der Waals surface area contributed by atoms with Crippen LogP contribution in [0.5, 0.6) is 5.75 Å². The van der Waals surface area contributed by atoms with Gasteiger partial charge in [-0.1, -0.05) is 6.07 Å². The lowest BCUT2D eigenvalue weighted by atomic mass is 10.2. The average Bonchev–Trinajstić information content (AvgIpc) is 2.75. The second kappa shape index (κ2) is 5.27. The van der Waals surface area contributed by atoms with Crippen LogP contribution in [0.1, 0.15) is 5.56 Å². The summed E-state index contributed by atoms with van der Waals surface area (Å²) in [6.07, 6.45) is 0. The van der Waals surface area contributed by atoms with Gasteiger partial charge in [-0.15, -0.1) is 0 Å². The number of aromatic amines is 1. The number of H-pyrrole nitrogens is 1. The van der Waals surface area contributed by atoms with Crippen LogP contribution in [0.3, 0.4) is 0 Å². The quantitative estimate of drug-likeness (QED) is 0.653. The van der Waals surface area contributed by atoms with E-state index in [2.05, 4.69) is 20.9 Å². The molecule has 1 aromatic heterocycles. The van der Waals surface area contributed by atoms with Gasteiger partial charge in [-0.25, -0.2) is 4.39 Å². The van der Waals surface area contributed by atoms with Crippen molar-refractivity contribution in [2.75, 3.05) is 7.11 Å². The van der Waals surface area contributed by atoms with Crippen molar-refractivity contribution in [2.24, 2.45) is 0 Å². The van der Waals surface area contributed by atoms with Crippen molar-refractivity contribution in [3.05, 3.63) is 51.0 Å². The Morgan fingerprint density at radius 2 is 2.05 bits per heavy atom. The number of fused-ring (bicyclic) bond motifs is 1. The van der Waals surface area contributed by atoms with Gasteiger partial charge in [-0.2, -0.15) is 0 Å². The van der Waals surface area contributed by atoms with Gasteiger partial charge in [0.05, 0.1) is 23.8 Å². The molecule has 2 aromatic carbocycles. The molecule has 0 aliphatic rings. The lowest BCUT2D eigenvalue weighted by Gasteiger charge is -2.09. The average molecular weight is 367 g/mol. The highest BCUT2D eigenvalue weighted by atomic mass is 79.9. The molecule has 0 atom stereocenters. The fourth-order valence-corrected chi connectivity index (χ4v) is 3.03. The highest BCUT2D eigenvalue weighted by Crippen LogP contribution is 2.30. The van der Waals surface area contributed by atoms with Crippen molar-refractivity contribution in [1.82, 2.24) is 9.55 Å². The number of imidazole rings is 1. The van der Waals surface area contributed by atoms with E-state index in [9.17, 15) is 4.39 Å². The summed E-state index contributed by atoms with van der Waals surface area (Å²) in [5.74, 6) is -0.231. The summed E-state index contributed by atoms with van der Waals surface area (Å²) in [4.78, 5) is 3.03. The first-order valence-electron chi connectivity index (χ1n) is 6.26. The monoisotopic (exact) mass is 366 g/mol. The number of methoxy groups -OCH3 is 1. The minimum Gasteiger partial charge on any atom is -0.494 e. The number of benzene rings is 2. The third kappa shape index (κ3) is 2.38. The van der Waals surface area contributed by atoms with Crippen molar-refractivity contribution in [3.8, 4) is 11.4 Å². The summed E-state index contributed by atoms with van der Waals surface area (Å²) in [6, 6.07) is 9.03. The number of halogens is 2. The van der Waals surface area contributed by atoms with Gasteiger partial charge in [0.15, 0.2) is 16.3 Å². The zero-order chi connectivity index (χ0) is 15.1. The highest BCUT2D eigenvalue weighted by Gasteiger charge is 2.13. The Bertz CT molecular complexity index is 901. The van der Waals surface area contributed by atoms with Crippen LogP contribution in [0.2, 0.25) is 0 Å². The second-order valence-electron chi connectivity index (χ2n) is 4.72. The molecule has 0 aliphatic carbocycles. The molecule has 0 spiro atoms. The van der Waals surface area contributed by atoms with Gasteiger partial charge in [-0.3, -0.25) is 4.57 Å². The number of ether oxygens (including phenoxy) is 1. The molecule has 6 heteroatoms. The van der Waals surface area contributed by atoms with E-state index in [-0.39, 0.29) is 5.75 Å². The molecule has 108 valence electrons. The van der Waals surface area contributed by atoms with Crippen molar-refractivity contribution >= 4 is 39.2 Å². The van der Waals surface area contributed by atoms with Crippen molar-refractivity contribution < 1.29 is 9.13 Å². The van der Waals surface area contributed by atoms with Crippen LogP contribution in [0.25, 0.3) is 16.7 Å². The molecule has 1 N–H and O–H groups in total. The van der Waals surface area contributed by atoms with Crippen LogP contribution in [0, 0.1) is 17.5 Å². The van der Waals surface area contributed by atoms with Gasteiger partial charge in [0.25, 0.3) is 0 Å². The van der Waals surface area contributed by atoms with Crippen LogP contribution in [0.4, 0.5) is 4.39 Å². The molecule has 3 aromatic rings. The first-order valence-corrected chi connectivity index (χ1v) is 7.46. The molecule has 0 saturated carbocycles. The van der Waals surface area contributed by atoms with Crippen molar-refractivity contribution in [1.29, 1.82) is 0 Å². The molecule has 0 amide bonds. The topological polar surface area (TPSA) is 29.9 Å². The molecule has 0 fully saturated rings. The van der Waals surface area contributed by atoms with Gasteiger partial charge < -0.3 is 9.72 Å². The van der Waals surface area contributed by atoms with Crippen LogP contribution in [-0.2, 0) is 0 Å². The summed E-state index contributed by atoms with van der Waals surface area (Å²) in [5, 5.41) is 0. The zero-order valence-corrected chi connectivity index (χ0v) is 13.8. The zero-order valence-electron chi connectivity index (χ0n) is 11.4. The molecule has 3 rings (SSSR count). The third-order valence-corrected chi connectivity index (χ3v) is 4.25. The van der Waals surface area contributed by atoms with Crippen LogP contribution in [-0.4, -0.2) is 16.7 Å². The normalized spacial score (nSPS) is 11.0. The van der Waals surface area contributed by atoms with Gasteiger partial charge in [-0.05, 0) is 52.8 Å². The van der Waals surface area contributed by atoms with E-state index in [1.54, 1.807) is 6.07 Å². The maximum Gasteiger partial charge on any atom is 0.182 e. The molecular weight excluding hydrogens is 355 g/mol. The second-order valence-corrected chi connectivity index (χ2v) is 5.97. The van der Waals surface area contributed by atoms with Gasteiger partial charge in [0.1, 0.15) is 0 Å². The van der Waals surface area contributed by atoms with Crippen molar-refractivity contribution in [3.63, 3.8) is 0 Å². The molecule has 3 nitrogen and oxygen atoms in total. The number of nitrogens with one attached hydrogen (secondary N) is 1. The summed E-state index contributed by atoms with van der Waals surface area (Å²) in [7, 11) is 1.44. The number of aromatic nitrogens is 2.